The van der Waals surface area contributed by atoms with Crippen LogP contribution in [0.1, 0.15) is 33.4 Å². The third kappa shape index (κ3) is 14.8. The molecule has 0 aliphatic carbocycles. The summed E-state index contributed by atoms with van der Waals surface area (Å²) in [5.74, 6) is 0. The van der Waals surface area contributed by atoms with E-state index in [1.807, 2.05) is 212 Å². The molecule has 2 saturated heterocycles. The van der Waals surface area contributed by atoms with E-state index in [0.717, 1.165) is 38.3 Å². The molecule has 0 spiro atoms. The Bertz CT molecular complexity index is 2530. The lowest BCUT2D eigenvalue weighted by atomic mass is 9.96. The summed E-state index contributed by atoms with van der Waals surface area (Å²) in [6, 6.07) is 70.0. The highest BCUT2D eigenvalue weighted by molar-refractivity contribution is 7.99. The first-order valence-electron chi connectivity index (χ1n) is 24.3. The van der Waals surface area contributed by atoms with Crippen LogP contribution in [0.15, 0.2) is 217 Å². The summed E-state index contributed by atoms with van der Waals surface area (Å²) >= 11 is 1.51. The minimum atomic E-state index is -1.34. The van der Waals surface area contributed by atoms with Crippen molar-refractivity contribution in [3.8, 4) is 0 Å². The SMILES string of the molecule is OC1[C@@H](OC2[C@@H](Sc3ccccc3)OC(COCc3ccccc3)[C@@H](OCc3ccccc3)[C@H]2OCc2ccccc2)OC(COCc2ccccc2)[C@@H](OCc2ccccc2)[C@H]1OCc1ccccc1. The zero-order valence-corrected chi connectivity index (χ0v) is 40.5. The van der Waals surface area contributed by atoms with Crippen LogP contribution in [-0.2, 0) is 82.3 Å². The Labute approximate surface area is 421 Å². The van der Waals surface area contributed by atoms with E-state index in [4.69, 9.17) is 42.6 Å². The molecule has 1 N–H and O–H groups in total. The minimum absolute atomic E-state index is 0.118. The van der Waals surface area contributed by atoms with Gasteiger partial charge in [-0.2, -0.15) is 0 Å². The number of hydrogen-bond acceptors (Lipinski definition) is 11. The Kier molecular flexibility index (Phi) is 19.0. The summed E-state index contributed by atoms with van der Waals surface area (Å²) in [5, 5.41) is 12.8. The van der Waals surface area contributed by atoms with E-state index < -0.39 is 60.6 Å². The van der Waals surface area contributed by atoms with Crippen LogP contribution in [0.4, 0.5) is 0 Å². The van der Waals surface area contributed by atoms with Gasteiger partial charge in [0.1, 0.15) is 54.3 Å². The Morgan fingerprint density at radius 2 is 0.676 bits per heavy atom. The molecule has 368 valence electrons. The molecule has 2 aliphatic rings. The van der Waals surface area contributed by atoms with E-state index in [1.165, 1.54) is 11.8 Å². The molecule has 11 heteroatoms. The average Bonchev–Trinajstić information content (AvgIpc) is 3.42. The van der Waals surface area contributed by atoms with Gasteiger partial charge in [0.25, 0.3) is 0 Å². The summed E-state index contributed by atoms with van der Waals surface area (Å²) in [6.45, 7) is 2.03. The number of rotatable bonds is 24. The number of ether oxygens (including phenoxy) is 9. The fourth-order valence-electron chi connectivity index (χ4n) is 8.77. The minimum Gasteiger partial charge on any atom is -0.385 e. The maximum Gasteiger partial charge on any atom is 0.187 e. The van der Waals surface area contributed by atoms with E-state index in [9.17, 15) is 5.11 Å². The van der Waals surface area contributed by atoms with Crippen LogP contribution in [0.25, 0.3) is 0 Å². The van der Waals surface area contributed by atoms with Gasteiger partial charge in [0.2, 0.25) is 0 Å². The second-order valence-corrected chi connectivity index (χ2v) is 18.8. The number of benzene rings is 7. The van der Waals surface area contributed by atoms with Crippen molar-refractivity contribution >= 4 is 11.8 Å². The largest absolute Gasteiger partial charge is 0.385 e. The Balaban J connectivity index is 1.07. The van der Waals surface area contributed by atoms with Gasteiger partial charge in [-0.15, -0.1) is 0 Å². The van der Waals surface area contributed by atoms with Crippen molar-refractivity contribution in [1.29, 1.82) is 0 Å². The maximum absolute atomic E-state index is 12.8. The molecule has 2 aliphatic heterocycles. The Hall–Kier alpha value is -5.51. The van der Waals surface area contributed by atoms with Gasteiger partial charge in [-0.1, -0.05) is 212 Å². The first-order chi connectivity index (χ1) is 35.1. The predicted octanol–water partition coefficient (Wildman–Crippen LogP) is 10.7. The van der Waals surface area contributed by atoms with Crippen LogP contribution in [0.3, 0.4) is 0 Å². The Morgan fingerprint density at radius 1 is 0.352 bits per heavy atom. The summed E-state index contributed by atoms with van der Waals surface area (Å²) in [5.41, 5.74) is 5.22. The Morgan fingerprint density at radius 3 is 1.08 bits per heavy atom. The molecule has 7 aromatic carbocycles. The van der Waals surface area contributed by atoms with Gasteiger partial charge >= 0.3 is 0 Å². The lowest BCUT2D eigenvalue weighted by molar-refractivity contribution is -0.350. The molecular weight excluding hydrogens is 913 g/mol. The molecule has 9 rings (SSSR count). The van der Waals surface area contributed by atoms with Gasteiger partial charge in [0, 0.05) is 4.90 Å². The lowest BCUT2D eigenvalue weighted by Gasteiger charge is -2.49. The molecule has 10 nitrogen and oxygen atoms in total. The molecule has 0 saturated carbocycles. The maximum atomic E-state index is 12.8. The normalized spacial score (nSPS) is 24.4. The third-order valence-corrected chi connectivity index (χ3v) is 13.6. The van der Waals surface area contributed by atoms with Crippen molar-refractivity contribution in [2.45, 2.75) is 105 Å². The van der Waals surface area contributed by atoms with Crippen molar-refractivity contribution in [3.05, 3.63) is 246 Å². The second kappa shape index (κ2) is 26.8. The molecule has 0 bridgehead atoms. The zero-order chi connectivity index (χ0) is 48.3. The molecule has 10 atom stereocenters. The molecular formula is C60H62O10S. The van der Waals surface area contributed by atoms with E-state index >= 15 is 0 Å². The highest BCUT2D eigenvalue weighted by Crippen LogP contribution is 2.40. The molecule has 71 heavy (non-hydrogen) atoms. The van der Waals surface area contributed by atoms with E-state index in [0.29, 0.717) is 13.2 Å². The van der Waals surface area contributed by atoms with Gasteiger partial charge in [0.15, 0.2) is 6.29 Å². The van der Waals surface area contributed by atoms with Gasteiger partial charge in [0.05, 0.1) is 52.9 Å². The molecule has 4 unspecified atom stereocenters. The smallest absolute Gasteiger partial charge is 0.187 e. The molecule has 2 heterocycles. The van der Waals surface area contributed by atoms with Crippen molar-refractivity contribution in [2.24, 2.45) is 0 Å². The van der Waals surface area contributed by atoms with E-state index in [1.54, 1.807) is 0 Å². The lowest BCUT2D eigenvalue weighted by Crippen LogP contribution is -2.65. The molecule has 2 fully saturated rings. The fraction of sp³-hybridized carbons (Fsp3) is 0.300. The summed E-state index contributed by atoms with van der Waals surface area (Å²) in [7, 11) is 0. The van der Waals surface area contributed by atoms with Crippen LogP contribution in [0.2, 0.25) is 0 Å². The average molecular weight is 975 g/mol. The summed E-state index contributed by atoms with van der Waals surface area (Å²) in [4.78, 5) is 0.955. The highest BCUT2D eigenvalue weighted by Gasteiger charge is 2.54. The fourth-order valence-corrected chi connectivity index (χ4v) is 9.90. The van der Waals surface area contributed by atoms with Crippen molar-refractivity contribution in [3.63, 3.8) is 0 Å². The third-order valence-electron chi connectivity index (χ3n) is 12.4. The topological polar surface area (TPSA) is 103 Å². The van der Waals surface area contributed by atoms with E-state index in [-0.39, 0.29) is 39.6 Å². The molecule has 0 radical (unpaired) electrons. The standard InChI is InChI=1S/C60H62O10S/c61-53-56(66-40-48-30-16-5-17-31-48)54(64-38-46-26-12-3-13-27-46)51(42-62-36-44-22-8-1-9-23-44)68-59(53)70-58-57(67-41-49-32-18-6-19-33-49)55(65-39-47-28-14-4-15-29-47)52(43-63-37-45-24-10-2-11-25-45)69-60(58)71-50-34-20-7-21-35-50/h1-35,51-61H,36-43H2/t51?,52?,53?,54-,55-,56+,57-,58?,59-,60-/m1/s1. The molecule has 0 amide bonds. The summed E-state index contributed by atoms with van der Waals surface area (Å²) < 4.78 is 61.8. The van der Waals surface area contributed by atoms with Crippen LogP contribution in [0.5, 0.6) is 0 Å². The van der Waals surface area contributed by atoms with Crippen molar-refractivity contribution in [1.82, 2.24) is 0 Å². The van der Waals surface area contributed by atoms with Gasteiger partial charge in [-0.3, -0.25) is 0 Å². The van der Waals surface area contributed by atoms with Crippen molar-refractivity contribution < 1.29 is 47.7 Å². The molecule has 7 aromatic rings. The monoisotopic (exact) mass is 974 g/mol. The van der Waals surface area contributed by atoms with Gasteiger partial charge in [-0.05, 0) is 45.5 Å². The van der Waals surface area contributed by atoms with Gasteiger partial charge in [-0.25, -0.2) is 0 Å². The zero-order valence-electron chi connectivity index (χ0n) is 39.7. The first-order valence-corrected chi connectivity index (χ1v) is 25.2. The number of hydrogen-bond donors (Lipinski definition) is 1. The van der Waals surface area contributed by atoms with Crippen LogP contribution in [0, 0.1) is 0 Å². The van der Waals surface area contributed by atoms with Crippen LogP contribution < -0.4 is 0 Å². The number of thioether (sulfide) groups is 1. The highest BCUT2D eigenvalue weighted by atomic mass is 32.2. The van der Waals surface area contributed by atoms with Gasteiger partial charge < -0.3 is 47.7 Å². The second-order valence-electron chi connectivity index (χ2n) is 17.7. The number of aliphatic hydroxyl groups is 1. The first kappa shape index (κ1) is 50.4. The molecule has 0 aromatic heterocycles. The van der Waals surface area contributed by atoms with Crippen LogP contribution >= 0.6 is 11.8 Å². The van der Waals surface area contributed by atoms with Crippen LogP contribution in [-0.4, -0.2) is 78.9 Å². The number of aliphatic hydroxyl groups excluding tert-OH is 1. The summed E-state index contributed by atoms with van der Waals surface area (Å²) in [6.07, 6.45) is -7.96. The van der Waals surface area contributed by atoms with E-state index in [2.05, 4.69) is 0 Å². The predicted molar refractivity (Wildman–Crippen MR) is 273 cm³/mol. The van der Waals surface area contributed by atoms with Crippen molar-refractivity contribution in [2.75, 3.05) is 13.2 Å². The quantitative estimate of drug-likeness (QED) is 0.0626.